The van der Waals surface area contributed by atoms with Gasteiger partial charge < -0.3 is 14.7 Å². The number of nitrogens with one attached hydrogen (secondary N) is 1. The van der Waals surface area contributed by atoms with E-state index in [-0.39, 0.29) is 12.1 Å². The summed E-state index contributed by atoms with van der Waals surface area (Å²) in [6.07, 6.45) is 1.53. The molecule has 0 atom stereocenters. The number of nitrogens with zero attached hydrogens (tertiary/aromatic N) is 2. The second-order valence-electron chi connectivity index (χ2n) is 4.35. The Hall–Kier alpha value is -2.89. The van der Waals surface area contributed by atoms with Crippen LogP contribution < -0.4 is 5.56 Å². The Morgan fingerprint density at radius 2 is 2.05 bits per heavy atom. The molecule has 2 heterocycles. The van der Waals surface area contributed by atoms with Crippen molar-refractivity contribution < 1.29 is 9.90 Å². The molecule has 3 rings (SSSR count). The predicted octanol–water partition coefficient (Wildman–Crippen LogP) is 1.48. The normalized spacial score (nSPS) is 10.8. The van der Waals surface area contributed by atoms with E-state index in [4.69, 9.17) is 5.11 Å². The smallest absolute Gasteiger partial charge is 0.323 e. The molecule has 6 heteroatoms. The van der Waals surface area contributed by atoms with E-state index in [9.17, 15) is 9.59 Å². The highest BCUT2D eigenvalue weighted by molar-refractivity contribution is 5.82. The largest absolute Gasteiger partial charge is 0.480 e. The van der Waals surface area contributed by atoms with Crippen molar-refractivity contribution in [2.24, 2.45) is 0 Å². The first kappa shape index (κ1) is 12.2. The lowest BCUT2D eigenvalue weighted by Crippen LogP contribution is -2.10. The summed E-state index contributed by atoms with van der Waals surface area (Å²) in [6.45, 7) is -0.186. The molecule has 1 aromatic carbocycles. The van der Waals surface area contributed by atoms with Gasteiger partial charge in [0.2, 0.25) is 5.56 Å². The van der Waals surface area contributed by atoms with E-state index >= 15 is 0 Å². The number of aromatic nitrogens is 3. The molecule has 0 saturated heterocycles. The maximum atomic E-state index is 11.1. The van der Waals surface area contributed by atoms with E-state index in [0.29, 0.717) is 11.4 Å². The molecule has 0 aliphatic heterocycles. The summed E-state index contributed by atoms with van der Waals surface area (Å²) < 4.78 is 1.62. The van der Waals surface area contributed by atoms with Crippen molar-refractivity contribution in [1.82, 2.24) is 14.5 Å². The van der Waals surface area contributed by atoms with Crippen molar-refractivity contribution in [3.8, 4) is 11.4 Å². The summed E-state index contributed by atoms with van der Waals surface area (Å²) >= 11 is 0. The van der Waals surface area contributed by atoms with Gasteiger partial charge in [-0.25, -0.2) is 4.98 Å². The average Bonchev–Trinajstić information content (AvgIpc) is 2.78. The van der Waals surface area contributed by atoms with E-state index in [0.717, 1.165) is 11.0 Å². The number of aromatic amines is 1. The molecule has 2 N–H and O–H groups in total. The minimum absolute atomic E-state index is 0.186. The zero-order chi connectivity index (χ0) is 14.1. The number of carbonyl (C=O) groups is 1. The van der Waals surface area contributed by atoms with E-state index in [1.54, 1.807) is 10.6 Å². The summed E-state index contributed by atoms with van der Waals surface area (Å²) in [5.74, 6) is -0.427. The monoisotopic (exact) mass is 269 g/mol. The SMILES string of the molecule is O=C(O)Cn1c(-c2ccc(=O)[nH]c2)nc2ccccc21. The van der Waals surface area contributed by atoms with Crippen LogP contribution in [0.4, 0.5) is 0 Å². The van der Waals surface area contributed by atoms with Crippen LogP contribution in [0.2, 0.25) is 0 Å². The van der Waals surface area contributed by atoms with Crippen LogP contribution in [-0.2, 0) is 11.3 Å². The molecule has 20 heavy (non-hydrogen) atoms. The topological polar surface area (TPSA) is 88.0 Å². The Labute approximate surface area is 113 Å². The third-order valence-corrected chi connectivity index (χ3v) is 2.99. The molecule has 0 radical (unpaired) electrons. The fraction of sp³-hybridized carbons (Fsp3) is 0.0714. The number of benzene rings is 1. The first-order valence-electron chi connectivity index (χ1n) is 6.01. The van der Waals surface area contributed by atoms with Crippen molar-refractivity contribution in [1.29, 1.82) is 0 Å². The minimum Gasteiger partial charge on any atom is -0.480 e. The number of imidazole rings is 1. The van der Waals surface area contributed by atoms with Crippen LogP contribution in [0.1, 0.15) is 0 Å². The van der Waals surface area contributed by atoms with Crippen molar-refractivity contribution in [2.75, 3.05) is 0 Å². The number of fused-ring (bicyclic) bond motifs is 1. The fourth-order valence-electron chi connectivity index (χ4n) is 2.14. The molecule has 0 bridgehead atoms. The summed E-state index contributed by atoms with van der Waals surface area (Å²) in [7, 11) is 0. The second kappa shape index (κ2) is 4.65. The highest BCUT2D eigenvalue weighted by Gasteiger charge is 2.14. The second-order valence-corrected chi connectivity index (χ2v) is 4.35. The molecule has 100 valence electrons. The molecule has 0 aliphatic rings. The lowest BCUT2D eigenvalue weighted by Gasteiger charge is -2.05. The van der Waals surface area contributed by atoms with E-state index in [1.165, 1.54) is 12.3 Å². The number of hydrogen-bond acceptors (Lipinski definition) is 3. The molecule has 0 fully saturated rings. The molecule has 2 aromatic heterocycles. The Morgan fingerprint density at radius 1 is 1.25 bits per heavy atom. The standard InChI is InChI=1S/C14H11N3O3/c18-12-6-5-9(7-15-12)14-16-10-3-1-2-4-11(10)17(14)8-13(19)20/h1-7H,8H2,(H,15,18)(H,19,20). The number of carboxylic acid groups (broad SMARTS) is 1. The number of aliphatic carboxylic acids is 1. The van der Waals surface area contributed by atoms with Crippen LogP contribution >= 0.6 is 0 Å². The molecule has 0 unspecified atom stereocenters. The maximum Gasteiger partial charge on any atom is 0.323 e. The zero-order valence-corrected chi connectivity index (χ0v) is 10.4. The third-order valence-electron chi connectivity index (χ3n) is 2.99. The molecule has 6 nitrogen and oxygen atoms in total. The summed E-state index contributed by atoms with van der Waals surface area (Å²) in [4.78, 5) is 29.2. The molecule has 3 aromatic rings. The van der Waals surface area contributed by atoms with Gasteiger partial charge in [0.15, 0.2) is 0 Å². The first-order chi connectivity index (χ1) is 9.65. The Morgan fingerprint density at radius 3 is 2.75 bits per heavy atom. The molecule has 0 aliphatic carbocycles. The first-order valence-corrected chi connectivity index (χ1v) is 6.01. The molecule has 0 spiro atoms. The summed E-state index contributed by atoms with van der Waals surface area (Å²) in [6, 6.07) is 10.3. The van der Waals surface area contributed by atoms with Gasteiger partial charge in [0, 0.05) is 17.8 Å². The molecule has 0 amide bonds. The highest BCUT2D eigenvalue weighted by atomic mass is 16.4. The van der Waals surface area contributed by atoms with Crippen LogP contribution in [0, 0.1) is 0 Å². The van der Waals surface area contributed by atoms with Gasteiger partial charge in [-0.05, 0) is 18.2 Å². The molecule has 0 saturated carbocycles. The number of pyridine rings is 1. The minimum atomic E-state index is -0.946. The van der Waals surface area contributed by atoms with Gasteiger partial charge in [0.25, 0.3) is 0 Å². The Kier molecular flexibility index (Phi) is 2.83. The maximum absolute atomic E-state index is 11.1. The van der Waals surface area contributed by atoms with Gasteiger partial charge in [-0.15, -0.1) is 0 Å². The number of para-hydroxylation sites is 2. The highest BCUT2D eigenvalue weighted by Crippen LogP contribution is 2.23. The average molecular weight is 269 g/mol. The lowest BCUT2D eigenvalue weighted by atomic mass is 10.2. The Bertz CT molecular complexity index is 828. The van der Waals surface area contributed by atoms with Gasteiger partial charge >= 0.3 is 5.97 Å². The van der Waals surface area contributed by atoms with Crippen molar-refractivity contribution in [3.63, 3.8) is 0 Å². The van der Waals surface area contributed by atoms with Crippen molar-refractivity contribution >= 4 is 17.0 Å². The zero-order valence-electron chi connectivity index (χ0n) is 10.4. The van der Waals surface area contributed by atoms with E-state index < -0.39 is 5.97 Å². The number of carboxylic acids is 1. The molecular weight excluding hydrogens is 258 g/mol. The van der Waals surface area contributed by atoms with Gasteiger partial charge in [-0.3, -0.25) is 9.59 Å². The third kappa shape index (κ3) is 2.07. The van der Waals surface area contributed by atoms with Crippen LogP contribution in [0.25, 0.3) is 22.4 Å². The predicted molar refractivity (Wildman–Crippen MR) is 73.4 cm³/mol. The van der Waals surface area contributed by atoms with Crippen LogP contribution in [0.3, 0.4) is 0 Å². The summed E-state index contributed by atoms with van der Waals surface area (Å²) in [5.41, 5.74) is 1.92. The quantitative estimate of drug-likeness (QED) is 0.753. The van der Waals surface area contributed by atoms with E-state index in [1.807, 2.05) is 24.3 Å². The number of rotatable bonds is 3. The van der Waals surface area contributed by atoms with Gasteiger partial charge in [-0.2, -0.15) is 0 Å². The number of hydrogen-bond donors (Lipinski definition) is 2. The fourth-order valence-corrected chi connectivity index (χ4v) is 2.14. The summed E-state index contributed by atoms with van der Waals surface area (Å²) in [5, 5.41) is 9.05. The van der Waals surface area contributed by atoms with Crippen molar-refractivity contribution in [2.45, 2.75) is 6.54 Å². The van der Waals surface area contributed by atoms with Gasteiger partial charge in [0.1, 0.15) is 12.4 Å². The van der Waals surface area contributed by atoms with Crippen LogP contribution in [0.5, 0.6) is 0 Å². The Balaban J connectivity index is 2.25. The van der Waals surface area contributed by atoms with E-state index in [2.05, 4.69) is 9.97 Å². The number of H-pyrrole nitrogens is 1. The van der Waals surface area contributed by atoms with Gasteiger partial charge in [0.05, 0.1) is 11.0 Å². The van der Waals surface area contributed by atoms with Crippen LogP contribution in [-0.4, -0.2) is 25.6 Å². The molecular formula is C14H11N3O3. The van der Waals surface area contributed by atoms with Crippen LogP contribution in [0.15, 0.2) is 47.4 Å². The lowest BCUT2D eigenvalue weighted by molar-refractivity contribution is -0.137. The van der Waals surface area contributed by atoms with Gasteiger partial charge in [-0.1, -0.05) is 12.1 Å². The van der Waals surface area contributed by atoms with Crippen molar-refractivity contribution in [3.05, 3.63) is 52.9 Å².